The molecular weight excluding hydrogens is 148 g/mol. The maximum absolute atomic E-state index is 9.03. The van der Waals surface area contributed by atoms with Crippen LogP contribution in [0.15, 0.2) is 0 Å². The first kappa shape index (κ1) is 10.8. The maximum Gasteiger partial charge on any atom is 0.167 e. The summed E-state index contributed by atoms with van der Waals surface area (Å²) in [6.45, 7) is 3.12. The van der Waals surface area contributed by atoms with E-state index in [1.165, 1.54) is 0 Å². The van der Waals surface area contributed by atoms with Gasteiger partial charge in [0.25, 0.3) is 0 Å². The fraction of sp³-hybridized carbons (Fsp3) is 1.00. The van der Waals surface area contributed by atoms with Crippen molar-refractivity contribution in [2.75, 3.05) is 0 Å². The number of hydrogen-bond donors (Lipinski definition) is 4. The lowest BCUT2D eigenvalue weighted by molar-refractivity contribution is -0.256. The molecule has 11 heavy (non-hydrogen) atoms. The van der Waals surface area contributed by atoms with Crippen LogP contribution in [0.25, 0.3) is 0 Å². The number of rotatable bonds is 4. The molecule has 0 aromatic carbocycles. The molecule has 0 radical (unpaired) electrons. The largest absolute Gasteiger partial charge is 0.365 e. The third-order valence-electron chi connectivity index (χ3n) is 1.70. The van der Waals surface area contributed by atoms with E-state index in [4.69, 9.17) is 20.4 Å². The van der Waals surface area contributed by atoms with E-state index in [2.05, 4.69) is 0 Å². The Labute approximate surface area is 66.1 Å². The van der Waals surface area contributed by atoms with Crippen molar-refractivity contribution in [3.63, 3.8) is 0 Å². The predicted octanol–water partition coefficient (Wildman–Crippen LogP) is -0.442. The molecule has 0 aliphatic carbocycles. The summed E-state index contributed by atoms with van der Waals surface area (Å²) in [7, 11) is 0. The van der Waals surface area contributed by atoms with Gasteiger partial charge in [-0.3, -0.25) is 0 Å². The van der Waals surface area contributed by atoms with Gasteiger partial charge in [-0.2, -0.15) is 0 Å². The summed E-state index contributed by atoms with van der Waals surface area (Å²) in [6.07, 6.45) is -0.279. The van der Waals surface area contributed by atoms with Crippen LogP contribution in [0.3, 0.4) is 0 Å². The Morgan fingerprint density at radius 2 is 1.09 bits per heavy atom. The van der Waals surface area contributed by atoms with Gasteiger partial charge in [0, 0.05) is 0 Å². The SMILES string of the molecule is CCC(O)(O)CC(O)(O)CC. The lowest BCUT2D eigenvalue weighted by Gasteiger charge is -2.28. The summed E-state index contributed by atoms with van der Waals surface area (Å²) in [6, 6.07) is 0. The molecule has 0 aromatic rings. The molecule has 68 valence electrons. The van der Waals surface area contributed by atoms with E-state index in [0.717, 1.165) is 0 Å². The van der Waals surface area contributed by atoms with E-state index in [-0.39, 0.29) is 12.8 Å². The Morgan fingerprint density at radius 1 is 0.818 bits per heavy atom. The van der Waals surface area contributed by atoms with Gasteiger partial charge in [-0.15, -0.1) is 0 Å². The normalized spacial score (nSPS) is 13.6. The molecule has 0 rings (SSSR count). The third-order valence-corrected chi connectivity index (χ3v) is 1.70. The first-order valence-electron chi connectivity index (χ1n) is 3.72. The third kappa shape index (κ3) is 4.31. The van der Waals surface area contributed by atoms with Crippen molar-refractivity contribution in [1.29, 1.82) is 0 Å². The van der Waals surface area contributed by atoms with Crippen molar-refractivity contribution in [2.24, 2.45) is 0 Å². The minimum absolute atomic E-state index is 0.0792. The van der Waals surface area contributed by atoms with E-state index >= 15 is 0 Å². The van der Waals surface area contributed by atoms with Gasteiger partial charge in [-0.05, 0) is 12.8 Å². The molecule has 0 heterocycles. The molecular formula is C7H16O4. The first-order chi connectivity index (χ1) is 4.83. The average molecular weight is 164 g/mol. The molecule has 0 saturated carbocycles. The summed E-state index contributed by atoms with van der Waals surface area (Å²) < 4.78 is 0. The van der Waals surface area contributed by atoms with E-state index in [9.17, 15) is 0 Å². The zero-order chi connectivity index (χ0) is 9.12. The standard InChI is InChI=1S/C7H16O4/c1-3-6(8,9)5-7(10,11)4-2/h8-11H,3-5H2,1-2H3. The van der Waals surface area contributed by atoms with Crippen molar-refractivity contribution in [3.05, 3.63) is 0 Å². The van der Waals surface area contributed by atoms with Crippen LogP contribution in [0.2, 0.25) is 0 Å². The second-order valence-corrected chi connectivity index (χ2v) is 2.85. The molecule has 4 N–H and O–H groups in total. The molecule has 0 fully saturated rings. The molecule has 0 spiro atoms. The first-order valence-corrected chi connectivity index (χ1v) is 3.72. The highest BCUT2D eigenvalue weighted by atomic mass is 16.5. The van der Waals surface area contributed by atoms with Crippen LogP contribution in [0.1, 0.15) is 33.1 Å². The fourth-order valence-electron chi connectivity index (χ4n) is 0.703. The second-order valence-electron chi connectivity index (χ2n) is 2.85. The van der Waals surface area contributed by atoms with Crippen molar-refractivity contribution in [2.45, 2.75) is 44.7 Å². The smallest absolute Gasteiger partial charge is 0.167 e. The Bertz CT molecular complexity index is 106. The van der Waals surface area contributed by atoms with E-state index in [1.807, 2.05) is 0 Å². The van der Waals surface area contributed by atoms with E-state index in [1.54, 1.807) is 13.8 Å². The van der Waals surface area contributed by atoms with Crippen LogP contribution in [0.4, 0.5) is 0 Å². The molecule has 4 heteroatoms. The van der Waals surface area contributed by atoms with Gasteiger partial charge < -0.3 is 20.4 Å². The molecule has 0 atom stereocenters. The van der Waals surface area contributed by atoms with Crippen molar-refractivity contribution >= 4 is 0 Å². The summed E-state index contributed by atoms with van der Waals surface area (Å²) in [4.78, 5) is 0. The van der Waals surface area contributed by atoms with Gasteiger partial charge in [0.15, 0.2) is 11.6 Å². The molecule has 0 bridgehead atoms. The molecule has 0 aliphatic rings. The molecule has 0 unspecified atom stereocenters. The van der Waals surface area contributed by atoms with Crippen LogP contribution in [-0.2, 0) is 0 Å². The molecule has 0 aliphatic heterocycles. The zero-order valence-corrected chi connectivity index (χ0v) is 6.91. The minimum Gasteiger partial charge on any atom is -0.365 e. The van der Waals surface area contributed by atoms with Crippen LogP contribution < -0.4 is 0 Å². The highest BCUT2D eigenvalue weighted by Gasteiger charge is 2.33. The Morgan fingerprint density at radius 3 is 1.27 bits per heavy atom. The van der Waals surface area contributed by atoms with Crippen molar-refractivity contribution in [3.8, 4) is 0 Å². The van der Waals surface area contributed by atoms with Gasteiger partial charge in [-0.1, -0.05) is 13.8 Å². The average Bonchev–Trinajstić information content (AvgIpc) is 1.86. The van der Waals surface area contributed by atoms with Gasteiger partial charge >= 0.3 is 0 Å². The van der Waals surface area contributed by atoms with Crippen LogP contribution in [0.5, 0.6) is 0 Å². The number of aliphatic hydroxyl groups is 4. The molecule has 0 saturated heterocycles. The molecule has 0 amide bonds. The summed E-state index contributed by atoms with van der Waals surface area (Å²) in [5.74, 6) is -3.95. The maximum atomic E-state index is 9.03. The second kappa shape index (κ2) is 3.49. The fourth-order valence-corrected chi connectivity index (χ4v) is 0.703. The Hall–Kier alpha value is -0.160. The number of hydrogen-bond acceptors (Lipinski definition) is 4. The van der Waals surface area contributed by atoms with Gasteiger partial charge in [0.1, 0.15) is 0 Å². The zero-order valence-electron chi connectivity index (χ0n) is 6.91. The molecule has 4 nitrogen and oxygen atoms in total. The summed E-state index contributed by atoms with van der Waals surface area (Å²) in [5.41, 5.74) is 0. The lowest BCUT2D eigenvalue weighted by atomic mass is 10.0. The summed E-state index contributed by atoms with van der Waals surface area (Å²) in [5, 5.41) is 36.1. The lowest BCUT2D eigenvalue weighted by Crippen LogP contribution is -2.40. The van der Waals surface area contributed by atoms with E-state index in [0.29, 0.717) is 0 Å². The van der Waals surface area contributed by atoms with Crippen LogP contribution in [0, 0.1) is 0 Å². The monoisotopic (exact) mass is 164 g/mol. The highest BCUT2D eigenvalue weighted by molar-refractivity contribution is 4.72. The topological polar surface area (TPSA) is 80.9 Å². The predicted molar refractivity (Wildman–Crippen MR) is 39.5 cm³/mol. The van der Waals surface area contributed by atoms with Gasteiger partial charge in [-0.25, -0.2) is 0 Å². The van der Waals surface area contributed by atoms with Crippen LogP contribution in [-0.4, -0.2) is 32.0 Å². The van der Waals surface area contributed by atoms with Gasteiger partial charge in [0.05, 0.1) is 6.42 Å². The van der Waals surface area contributed by atoms with E-state index < -0.39 is 18.0 Å². The highest BCUT2D eigenvalue weighted by Crippen LogP contribution is 2.21. The van der Waals surface area contributed by atoms with Crippen LogP contribution >= 0.6 is 0 Å². The van der Waals surface area contributed by atoms with Crippen molar-refractivity contribution in [1.82, 2.24) is 0 Å². The minimum atomic E-state index is -1.97. The Balaban J connectivity index is 4.02. The van der Waals surface area contributed by atoms with Gasteiger partial charge in [0.2, 0.25) is 0 Å². The van der Waals surface area contributed by atoms with Crippen molar-refractivity contribution < 1.29 is 20.4 Å². The molecule has 0 aromatic heterocycles. The Kier molecular flexibility index (Phi) is 3.44. The quantitative estimate of drug-likeness (QED) is 0.424. The summed E-state index contributed by atoms with van der Waals surface area (Å²) >= 11 is 0.